The molecule has 2 aromatic heterocycles. The van der Waals surface area contributed by atoms with E-state index < -0.39 is 5.41 Å². The summed E-state index contributed by atoms with van der Waals surface area (Å²) in [5.74, 6) is 1.69. The fraction of sp³-hybridized carbons (Fsp3) is 0.0182. The molecule has 0 bridgehead atoms. The Morgan fingerprint density at radius 1 is 0.345 bits per heavy atom. The van der Waals surface area contributed by atoms with Crippen LogP contribution in [0, 0.1) is 0 Å². The summed E-state index contributed by atoms with van der Waals surface area (Å²) in [5.41, 5.74) is 18.5. The quantitative estimate of drug-likeness (QED) is 0.176. The van der Waals surface area contributed by atoms with Gasteiger partial charge in [-0.1, -0.05) is 188 Å². The fourth-order valence-corrected chi connectivity index (χ4v) is 9.59. The summed E-state index contributed by atoms with van der Waals surface area (Å²) in [6.45, 7) is 0. The summed E-state index contributed by atoms with van der Waals surface area (Å²) >= 11 is 0. The van der Waals surface area contributed by atoms with E-state index in [1.807, 2.05) is 24.3 Å². The van der Waals surface area contributed by atoms with Crippen molar-refractivity contribution in [3.05, 3.63) is 229 Å². The smallest absolute Gasteiger partial charge is 0.160 e. The molecule has 12 rings (SSSR count). The monoisotopic (exact) mass is 738 g/mol. The second-order valence-electron chi connectivity index (χ2n) is 15.2. The molecule has 0 amide bonds. The Morgan fingerprint density at radius 2 is 0.862 bits per heavy atom. The Morgan fingerprint density at radius 3 is 1.60 bits per heavy atom. The maximum atomic E-state index is 7.05. The minimum Gasteiger partial charge on any atom is -0.459 e. The third-order valence-corrected chi connectivity index (χ3v) is 12.1. The van der Waals surface area contributed by atoms with Gasteiger partial charge in [-0.2, -0.15) is 0 Å². The van der Waals surface area contributed by atoms with Crippen LogP contribution in [0.5, 0.6) is 0 Å². The van der Waals surface area contributed by atoms with Gasteiger partial charge in [-0.25, -0.2) is 9.97 Å². The maximum Gasteiger partial charge on any atom is 0.160 e. The summed E-state index contributed by atoms with van der Waals surface area (Å²) in [4.78, 5) is 10.4. The lowest BCUT2D eigenvalue weighted by atomic mass is 9.73. The van der Waals surface area contributed by atoms with Crippen LogP contribution < -0.4 is 0 Å². The predicted molar refractivity (Wildman–Crippen MR) is 235 cm³/mol. The summed E-state index contributed by atoms with van der Waals surface area (Å²) in [5, 5.41) is 1.13. The molecule has 2 aliphatic carbocycles. The van der Waals surface area contributed by atoms with Gasteiger partial charge < -0.3 is 4.42 Å². The van der Waals surface area contributed by atoms with Gasteiger partial charge >= 0.3 is 0 Å². The molecule has 0 atom stereocenters. The average molecular weight is 739 g/mol. The molecule has 0 fully saturated rings. The van der Waals surface area contributed by atoms with E-state index in [1.54, 1.807) is 0 Å². The summed E-state index contributed by atoms with van der Waals surface area (Å²) in [6.07, 6.45) is 0. The lowest BCUT2D eigenvalue weighted by Gasteiger charge is -2.28. The van der Waals surface area contributed by atoms with Crippen LogP contribution >= 0.6 is 0 Å². The number of benzene rings is 8. The number of para-hydroxylation sites is 1. The fourth-order valence-electron chi connectivity index (χ4n) is 9.59. The van der Waals surface area contributed by atoms with Gasteiger partial charge in [0.2, 0.25) is 0 Å². The van der Waals surface area contributed by atoms with Crippen LogP contribution in [0.4, 0.5) is 0 Å². The molecular weight excluding hydrogens is 705 g/mol. The molecule has 8 aromatic carbocycles. The summed E-state index contributed by atoms with van der Waals surface area (Å²) in [6, 6.07) is 73.4. The van der Waals surface area contributed by atoms with Crippen LogP contribution in [0.3, 0.4) is 0 Å². The van der Waals surface area contributed by atoms with E-state index in [2.05, 4.69) is 182 Å². The van der Waals surface area contributed by atoms with Gasteiger partial charge in [0.05, 0.1) is 11.4 Å². The molecule has 0 radical (unpaired) electrons. The molecule has 0 N–H and O–H groups in total. The number of aromatic nitrogens is 2. The van der Waals surface area contributed by atoms with Crippen LogP contribution in [0.2, 0.25) is 0 Å². The first-order valence-electron chi connectivity index (χ1n) is 19.8. The largest absolute Gasteiger partial charge is 0.459 e. The zero-order valence-electron chi connectivity index (χ0n) is 31.4. The molecule has 0 saturated carbocycles. The van der Waals surface area contributed by atoms with Crippen molar-refractivity contribution in [2.45, 2.75) is 5.41 Å². The first kappa shape index (κ1) is 32.6. The molecule has 3 nitrogen and oxygen atoms in total. The maximum absolute atomic E-state index is 7.05. The van der Waals surface area contributed by atoms with Crippen molar-refractivity contribution in [2.24, 2.45) is 0 Å². The van der Waals surface area contributed by atoms with E-state index in [0.717, 1.165) is 50.4 Å². The number of furan rings is 1. The van der Waals surface area contributed by atoms with Gasteiger partial charge in [0.25, 0.3) is 0 Å². The van der Waals surface area contributed by atoms with E-state index >= 15 is 0 Å². The Labute approximate surface area is 336 Å². The molecule has 0 aliphatic heterocycles. The van der Waals surface area contributed by atoms with Crippen molar-refractivity contribution in [1.82, 2.24) is 9.97 Å². The Balaban J connectivity index is 1.05. The van der Waals surface area contributed by atoms with Crippen LogP contribution in [0.15, 0.2) is 211 Å². The highest BCUT2D eigenvalue weighted by molar-refractivity contribution is 6.08. The highest BCUT2D eigenvalue weighted by atomic mass is 16.3. The van der Waals surface area contributed by atoms with Gasteiger partial charge in [0.1, 0.15) is 16.8 Å². The van der Waals surface area contributed by atoms with Gasteiger partial charge in [-0.3, -0.25) is 0 Å². The molecule has 58 heavy (non-hydrogen) atoms. The van der Waals surface area contributed by atoms with Crippen molar-refractivity contribution in [3.8, 4) is 78.4 Å². The number of hydrogen-bond acceptors (Lipinski definition) is 3. The van der Waals surface area contributed by atoms with Crippen molar-refractivity contribution < 1.29 is 4.42 Å². The minimum absolute atomic E-state index is 0.577. The molecule has 2 aliphatic rings. The SMILES string of the molecule is c1ccc(-c2ccc(-c3cc(-c4cccc(-c5cccc6c5-c5c(oc7ccccc57)C65c6ccccc6-c6ccccc65)c4)nc(-c4ccccc4)n3)cc2)cc1. The summed E-state index contributed by atoms with van der Waals surface area (Å²) in [7, 11) is 0. The van der Waals surface area contributed by atoms with E-state index in [4.69, 9.17) is 14.4 Å². The van der Waals surface area contributed by atoms with Crippen molar-refractivity contribution >= 4 is 11.0 Å². The standard InChI is InChI=1S/C55H34N2O/c1-3-15-35(16-4-1)36-29-31-37(32-30-36)48-34-49(57-54(56-48)38-17-5-2-6-18-38)40-20-13-19-39(33-40)41-24-14-27-47-51(41)52-44-23-9-12-28-50(44)58-53(52)55(47)45-25-10-7-21-42(45)43-22-8-11-26-46(43)55/h1-34H. The minimum atomic E-state index is -0.577. The Hall–Kier alpha value is -7.62. The van der Waals surface area contributed by atoms with Crippen molar-refractivity contribution in [3.63, 3.8) is 0 Å². The highest BCUT2D eigenvalue weighted by Crippen LogP contribution is 2.65. The molecule has 10 aromatic rings. The molecule has 2 heterocycles. The number of rotatable bonds is 5. The van der Waals surface area contributed by atoms with Gasteiger partial charge in [-0.15, -0.1) is 0 Å². The van der Waals surface area contributed by atoms with Gasteiger partial charge in [0.15, 0.2) is 5.82 Å². The van der Waals surface area contributed by atoms with Crippen molar-refractivity contribution in [1.29, 1.82) is 0 Å². The predicted octanol–water partition coefficient (Wildman–Crippen LogP) is 13.9. The molecule has 0 saturated heterocycles. The van der Waals surface area contributed by atoms with Crippen molar-refractivity contribution in [2.75, 3.05) is 0 Å². The highest BCUT2D eigenvalue weighted by Gasteiger charge is 2.55. The molecule has 270 valence electrons. The third kappa shape index (κ3) is 4.74. The second-order valence-corrected chi connectivity index (χ2v) is 15.2. The number of nitrogens with zero attached hydrogens (tertiary/aromatic N) is 2. The van der Waals surface area contributed by atoms with E-state index in [-0.39, 0.29) is 0 Å². The second kappa shape index (κ2) is 12.7. The number of fused-ring (bicyclic) bond motifs is 12. The van der Waals surface area contributed by atoms with E-state index in [1.165, 1.54) is 55.6 Å². The van der Waals surface area contributed by atoms with Crippen LogP contribution in [-0.2, 0) is 5.41 Å². The van der Waals surface area contributed by atoms with Gasteiger partial charge in [-0.05, 0) is 73.8 Å². The normalized spacial score (nSPS) is 13.0. The third-order valence-electron chi connectivity index (χ3n) is 12.1. The molecular formula is C55H34N2O. The zero-order valence-corrected chi connectivity index (χ0v) is 31.4. The van der Waals surface area contributed by atoms with Crippen LogP contribution in [0.25, 0.3) is 89.4 Å². The summed E-state index contributed by atoms with van der Waals surface area (Å²) < 4.78 is 7.05. The average Bonchev–Trinajstić information content (AvgIpc) is 3.93. The van der Waals surface area contributed by atoms with E-state index in [9.17, 15) is 0 Å². The Bertz CT molecular complexity index is 3170. The number of hydrogen-bond donors (Lipinski definition) is 0. The molecule has 1 spiro atoms. The first-order valence-corrected chi connectivity index (χ1v) is 19.8. The van der Waals surface area contributed by atoms with Crippen LogP contribution in [-0.4, -0.2) is 9.97 Å². The zero-order chi connectivity index (χ0) is 38.2. The van der Waals surface area contributed by atoms with Gasteiger partial charge in [0, 0.05) is 27.6 Å². The van der Waals surface area contributed by atoms with E-state index in [0.29, 0.717) is 5.82 Å². The lowest BCUT2D eigenvalue weighted by Crippen LogP contribution is -2.25. The topological polar surface area (TPSA) is 38.9 Å². The molecule has 3 heteroatoms. The first-order chi connectivity index (χ1) is 28.8. The lowest BCUT2D eigenvalue weighted by molar-refractivity contribution is 0.507. The van der Waals surface area contributed by atoms with Crippen LogP contribution in [0.1, 0.15) is 22.5 Å². The molecule has 0 unspecified atom stereocenters. The Kier molecular flexibility index (Phi) is 7.14.